The third-order valence-corrected chi connectivity index (χ3v) is 4.59. The summed E-state index contributed by atoms with van der Waals surface area (Å²) in [5, 5.41) is 0. The van der Waals surface area contributed by atoms with Crippen LogP contribution < -0.4 is 0 Å². The number of hydrogen-bond acceptors (Lipinski definition) is 2. The molecule has 0 aromatic carbocycles. The number of carbonyl (C=O) groups is 1. The second-order valence-corrected chi connectivity index (χ2v) is 7.42. The molecular formula is C23H42O2. The largest absolute Gasteiger partial charge is 0.462 e. The summed E-state index contributed by atoms with van der Waals surface area (Å²) < 4.78 is 5.38. The first-order chi connectivity index (χ1) is 12.1. The average molecular weight is 351 g/mol. The second kappa shape index (κ2) is 17.8. The molecule has 0 saturated heterocycles. The van der Waals surface area contributed by atoms with E-state index in [9.17, 15) is 4.79 Å². The molecule has 0 aliphatic carbocycles. The number of unbranched alkanes of at least 4 members (excludes halogenated alkanes) is 8. The summed E-state index contributed by atoms with van der Waals surface area (Å²) in [5.74, 6) is 0.362. The minimum Gasteiger partial charge on any atom is -0.462 e. The highest BCUT2D eigenvalue weighted by molar-refractivity contribution is 5.69. The van der Waals surface area contributed by atoms with E-state index in [1.165, 1.54) is 51.4 Å². The molecule has 0 aliphatic rings. The van der Waals surface area contributed by atoms with Crippen molar-refractivity contribution in [3.63, 3.8) is 0 Å². The van der Waals surface area contributed by atoms with Gasteiger partial charge in [-0.05, 0) is 51.4 Å². The van der Waals surface area contributed by atoms with Crippen LogP contribution in [0.2, 0.25) is 0 Å². The summed E-state index contributed by atoms with van der Waals surface area (Å²) in [5.41, 5.74) is 0. The molecule has 146 valence electrons. The summed E-state index contributed by atoms with van der Waals surface area (Å²) in [4.78, 5) is 11.7. The molecule has 0 rings (SSSR count). The van der Waals surface area contributed by atoms with E-state index in [1.807, 2.05) is 6.92 Å². The molecule has 0 bridgehead atoms. The molecule has 1 unspecified atom stereocenters. The highest BCUT2D eigenvalue weighted by Gasteiger charge is 2.12. The molecule has 2 heteroatoms. The highest BCUT2D eigenvalue weighted by atomic mass is 16.5. The van der Waals surface area contributed by atoms with Crippen LogP contribution in [0, 0.1) is 5.92 Å². The topological polar surface area (TPSA) is 26.3 Å². The van der Waals surface area contributed by atoms with Crippen LogP contribution in [0.1, 0.15) is 105 Å². The summed E-state index contributed by atoms with van der Waals surface area (Å²) in [6.07, 6.45) is 23.1. The second-order valence-electron chi connectivity index (χ2n) is 7.42. The van der Waals surface area contributed by atoms with Gasteiger partial charge in [0, 0.05) is 6.42 Å². The number of allylic oxidation sites excluding steroid dienone is 4. The molecule has 0 aromatic heterocycles. The van der Waals surface area contributed by atoms with E-state index < -0.39 is 0 Å². The third kappa shape index (κ3) is 17.6. The summed E-state index contributed by atoms with van der Waals surface area (Å²) in [7, 11) is 0. The molecule has 0 aliphatic heterocycles. The van der Waals surface area contributed by atoms with Crippen molar-refractivity contribution in [3.05, 3.63) is 24.3 Å². The van der Waals surface area contributed by atoms with Crippen molar-refractivity contribution in [2.45, 2.75) is 111 Å². The molecule has 0 saturated carbocycles. The maximum Gasteiger partial charge on any atom is 0.306 e. The van der Waals surface area contributed by atoms with E-state index in [0.717, 1.165) is 19.3 Å². The van der Waals surface area contributed by atoms with Gasteiger partial charge in [0.25, 0.3) is 0 Å². The van der Waals surface area contributed by atoms with Crippen molar-refractivity contribution in [2.24, 2.45) is 5.92 Å². The lowest BCUT2D eigenvalue weighted by Crippen LogP contribution is -2.19. The number of carbonyl (C=O) groups excluding carboxylic acids is 1. The van der Waals surface area contributed by atoms with Crippen LogP contribution >= 0.6 is 0 Å². The van der Waals surface area contributed by atoms with Gasteiger partial charge < -0.3 is 4.74 Å². The van der Waals surface area contributed by atoms with Gasteiger partial charge in [-0.1, -0.05) is 77.2 Å². The van der Waals surface area contributed by atoms with Crippen molar-refractivity contribution in [3.8, 4) is 0 Å². The fourth-order valence-electron chi connectivity index (χ4n) is 2.48. The maximum atomic E-state index is 11.7. The van der Waals surface area contributed by atoms with E-state index in [0.29, 0.717) is 12.3 Å². The Bertz CT molecular complexity index is 355. The summed E-state index contributed by atoms with van der Waals surface area (Å²) >= 11 is 0. The highest BCUT2D eigenvalue weighted by Crippen LogP contribution is 2.11. The van der Waals surface area contributed by atoms with E-state index in [4.69, 9.17) is 4.74 Å². The maximum absolute atomic E-state index is 11.7. The van der Waals surface area contributed by atoms with Gasteiger partial charge >= 0.3 is 5.97 Å². The molecule has 25 heavy (non-hydrogen) atoms. The lowest BCUT2D eigenvalue weighted by molar-refractivity contribution is -0.150. The monoisotopic (exact) mass is 350 g/mol. The molecule has 1 atom stereocenters. The summed E-state index contributed by atoms with van der Waals surface area (Å²) in [6.45, 7) is 8.37. The molecule has 0 aromatic rings. The van der Waals surface area contributed by atoms with E-state index in [-0.39, 0.29) is 12.1 Å². The molecule has 0 radical (unpaired) electrons. The molecule has 0 spiro atoms. The smallest absolute Gasteiger partial charge is 0.306 e. The molecule has 2 nitrogen and oxygen atoms in total. The van der Waals surface area contributed by atoms with Gasteiger partial charge in [-0.15, -0.1) is 0 Å². The Morgan fingerprint density at radius 2 is 1.36 bits per heavy atom. The van der Waals surface area contributed by atoms with E-state index in [2.05, 4.69) is 45.1 Å². The average Bonchev–Trinajstić information content (AvgIpc) is 2.58. The Hall–Kier alpha value is -1.05. The first kappa shape index (κ1) is 23.9. The predicted octanol–water partition coefficient (Wildman–Crippen LogP) is 7.39. The Labute approximate surface area is 157 Å². The van der Waals surface area contributed by atoms with Gasteiger partial charge in [-0.2, -0.15) is 0 Å². The number of hydrogen-bond donors (Lipinski definition) is 0. The molecule has 0 N–H and O–H groups in total. The summed E-state index contributed by atoms with van der Waals surface area (Å²) in [6, 6.07) is 0. The minimum absolute atomic E-state index is 0.0328. The van der Waals surface area contributed by atoms with Crippen molar-refractivity contribution in [1.29, 1.82) is 0 Å². The Morgan fingerprint density at radius 3 is 1.96 bits per heavy atom. The van der Waals surface area contributed by atoms with Crippen molar-refractivity contribution in [2.75, 3.05) is 0 Å². The first-order valence-electron chi connectivity index (χ1n) is 10.6. The fraction of sp³-hybridized carbons (Fsp3) is 0.783. The Balaban J connectivity index is 3.35. The molecule has 0 amide bonds. The van der Waals surface area contributed by atoms with Gasteiger partial charge in [0.05, 0.1) is 0 Å². The Morgan fingerprint density at radius 1 is 0.800 bits per heavy atom. The minimum atomic E-state index is -0.0353. The lowest BCUT2D eigenvalue weighted by Gasteiger charge is -2.16. The zero-order chi connectivity index (χ0) is 18.8. The number of rotatable bonds is 16. The van der Waals surface area contributed by atoms with Crippen LogP contribution in [0.25, 0.3) is 0 Å². The van der Waals surface area contributed by atoms with E-state index in [1.54, 1.807) is 0 Å². The van der Waals surface area contributed by atoms with Crippen molar-refractivity contribution < 1.29 is 9.53 Å². The van der Waals surface area contributed by atoms with Crippen LogP contribution in [0.4, 0.5) is 0 Å². The molecule has 0 heterocycles. The van der Waals surface area contributed by atoms with Crippen LogP contribution in [0.15, 0.2) is 24.3 Å². The van der Waals surface area contributed by atoms with Gasteiger partial charge in [-0.25, -0.2) is 0 Å². The number of esters is 1. The van der Waals surface area contributed by atoms with Gasteiger partial charge in [0.1, 0.15) is 6.10 Å². The SMILES string of the molecule is CCCCC/C=C/C/C=C/CCCCCCCC(=O)OC(C)C(C)C. The Kier molecular flexibility index (Phi) is 17.0. The van der Waals surface area contributed by atoms with Crippen LogP contribution in [0.5, 0.6) is 0 Å². The van der Waals surface area contributed by atoms with Gasteiger partial charge in [0.2, 0.25) is 0 Å². The van der Waals surface area contributed by atoms with E-state index >= 15 is 0 Å². The quantitative estimate of drug-likeness (QED) is 0.165. The normalized spacial score (nSPS) is 13.2. The van der Waals surface area contributed by atoms with Crippen LogP contribution in [-0.4, -0.2) is 12.1 Å². The van der Waals surface area contributed by atoms with Crippen LogP contribution in [-0.2, 0) is 9.53 Å². The lowest BCUT2D eigenvalue weighted by atomic mass is 10.1. The van der Waals surface area contributed by atoms with Crippen molar-refractivity contribution in [1.82, 2.24) is 0 Å². The van der Waals surface area contributed by atoms with Gasteiger partial charge in [0.15, 0.2) is 0 Å². The first-order valence-corrected chi connectivity index (χ1v) is 10.6. The fourth-order valence-corrected chi connectivity index (χ4v) is 2.48. The molecule has 0 fully saturated rings. The predicted molar refractivity (Wildman–Crippen MR) is 110 cm³/mol. The number of ether oxygens (including phenoxy) is 1. The van der Waals surface area contributed by atoms with Crippen LogP contribution in [0.3, 0.4) is 0 Å². The molecular weight excluding hydrogens is 308 g/mol. The zero-order valence-electron chi connectivity index (χ0n) is 17.3. The standard InChI is InChI=1S/C23H42O2/c1-5-6-7-8-9-10-11-12-13-14-15-16-17-18-19-20-23(24)25-22(4)21(2)3/h9-10,12-13,21-22H,5-8,11,14-20H2,1-4H3/b10-9+,13-12+. The zero-order valence-corrected chi connectivity index (χ0v) is 17.3. The van der Waals surface area contributed by atoms with Gasteiger partial charge in [-0.3, -0.25) is 4.79 Å². The third-order valence-electron chi connectivity index (χ3n) is 4.59. The van der Waals surface area contributed by atoms with Crippen molar-refractivity contribution >= 4 is 5.97 Å².